The average molecular weight is 609 g/mol. The third-order valence-electron chi connectivity index (χ3n) is 7.30. The molecule has 0 spiro atoms. The number of nitrogens with one attached hydrogen (secondary N) is 1. The van der Waals surface area contributed by atoms with Crippen LogP contribution in [0.15, 0.2) is 48.5 Å². The number of aromatic nitrogens is 1. The molecular formula is C33H41ClN4O5. The number of hydrogen-bond donors (Lipinski definition) is 1. The van der Waals surface area contributed by atoms with E-state index in [0.717, 1.165) is 22.9 Å². The molecule has 1 fully saturated rings. The summed E-state index contributed by atoms with van der Waals surface area (Å²) in [5.74, 6) is -0.113. The van der Waals surface area contributed by atoms with Gasteiger partial charge in [0.05, 0.1) is 22.8 Å². The number of pyridine rings is 1. The first kappa shape index (κ1) is 32.1. The predicted octanol–water partition coefficient (Wildman–Crippen LogP) is 6.66. The van der Waals surface area contributed by atoms with Crippen molar-refractivity contribution < 1.29 is 23.9 Å². The molecule has 0 aliphatic carbocycles. The van der Waals surface area contributed by atoms with Crippen molar-refractivity contribution in [2.24, 2.45) is 0 Å². The van der Waals surface area contributed by atoms with Crippen molar-refractivity contribution >= 4 is 40.6 Å². The van der Waals surface area contributed by atoms with E-state index in [1.165, 1.54) is 0 Å². The van der Waals surface area contributed by atoms with Crippen LogP contribution in [-0.4, -0.2) is 77.8 Å². The number of hydrogen-bond acceptors (Lipinski definition) is 6. The van der Waals surface area contributed by atoms with Crippen LogP contribution in [0, 0.1) is 0 Å². The Morgan fingerprint density at radius 2 is 1.58 bits per heavy atom. The molecule has 1 aliphatic rings. The molecule has 3 amide bonds. The van der Waals surface area contributed by atoms with Crippen LogP contribution in [0.1, 0.15) is 63.9 Å². The van der Waals surface area contributed by atoms with Crippen molar-refractivity contribution in [1.82, 2.24) is 20.1 Å². The lowest BCUT2D eigenvalue weighted by Crippen LogP contribution is -2.50. The highest BCUT2D eigenvalue weighted by atomic mass is 35.5. The Kier molecular flexibility index (Phi) is 9.85. The largest absolute Gasteiger partial charge is 0.449 e. The first-order valence-corrected chi connectivity index (χ1v) is 15.0. The maximum absolute atomic E-state index is 13.3. The molecule has 0 bridgehead atoms. The Hall–Kier alpha value is -3.85. The van der Waals surface area contributed by atoms with Crippen LogP contribution in [0.2, 0.25) is 5.02 Å². The molecule has 43 heavy (non-hydrogen) atoms. The summed E-state index contributed by atoms with van der Waals surface area (Å²) in [7, 11) is 0. The number of amides is 3. The fourth-order valence-corrected chi connectivity index (χ4v) is 5.09. The molecule has 9 nitrogen and oxygen atoms in total. The van der Waals surface area contributed by atoms with Crippen molar-refractivity contribution in [2.45, 2.75) is 59.0 Å². The smallest absolute Gasteiger partial charge is 0.409 e. The van der Waals surface area contributed by atoms with E-state index >= 15 is 0 Å². The lowest BCUT2D eigenvalue weighted by atomic mass is 9.84. The zero-order valence-corrected chi connectivity index (χ0v) is 26.6. The number of ether oxygens (including phenoxy) is 2. The molecule has 1 aromatic heterocycles. The Balaban J connectivity index is 1.46. The van der Waals surface area contributed by atoms with Gasteiger partial charge in [-0.15, -0.1) is 0 Å². The average Bonchev–Trinajstić information content (AvgIpc) is 2.97. The maximum Gasteiger partial charge on any atom is 0.409 e. The van der Waals surface area contributed by atoms with Gasteiger partial charge in [0.15, 0.2) is 0 Å². The summed E-state index contributed by atoms with van der Waals surface area (Å²) in [5, 5.41) is 4.17. The number of carbonyl (C=O) groups excluding carboxylic acids is 3. The Morgan fingerprint density at radius 1 is 0.930 bits per heavy atom. The van der Waals surface area contributed by atoms with Gasteiger partial charge in [-0.1, -0.05) is 62.7 Å². The number of fused-ring (bicyclic) bond motifs is 1. The quantitative estimate of drug-likeness (QED) is 0.322. The van der Waals surface area contributed by atoms with Crippen molar-refractivity contribution in [3.05, 3.63) is 64.7 Å². The fraction of sp³-hybridized carbons (Fsp3) is 0.455. The number of piperazine rings is 1. The normalized spacial score (nSPS) is 14.0. The van der Waals surface area contributed by atoms with E-state index in [-0.39, 0.29) is 17.4 Å². The summed E-state index contributed by atoms with van der Waals surface area (Å²) in [4.78, 5) is 45.8. The maximum atomic E-state index is 13.3. The first-order chi connectivity index (χ1) is 20.3. The van der Waals surface area contributed by atoms with Gasteiger partial charge in [-0.3, -0.25) is 4.79 Å². The topological polar surface area (TPSA) is 101 Å². The molecule has 230 valence electrons. The van der Waals surface area contributed by atoms with Crippen LogP contribution in [-0.2, 0) is 14.9 Å². The van der Waals surface area contributed by atoms with Crippen molar-refractivity contribution in [1.29, 1.82) is 0 Å². The highest BCUT2D eigenvalue weighted by Crippen LogP contribution is 2.31. The standard InChI is InChI=1S/C33H41ClN4O5/c1-7-18-42-31(41)38-16-14-37(15-17-38)29(39)23-10-13-25-26(34)20-27(36-28(25)19-23)22-8-11-24(12-9-22)33(5,6)21-35-30(40)43-32(2,3)4/h8-13,19-20H,7,14-18,21H2,1-6H3,(H,35,40). The molecule has 0 unspecified atom stereocenters. The summed E-state index contributed by atoms with van der Waals surface area (Å²) in [6, 6.07) is 15.2. The van der Waals surface area contributed by atoms with Crippen molar-refractivity contribution in [3.8, 4) is 11.3 Å². The van der Waals surface area contributed by atoms with Gasteiger partial charge in [0.2, 0.25) is 0 Å². The summed E-state index contributed by atoms with van der Waals surface area (Å²) in [6.45, 7) is 14.1. The number of benzene rings is 2. The fourth-order valence-electron chi connectivity index (χ4n) is 4.82. The van der Waals surface area contributed by atoms with Crippen molar-refractivity contribution in [3.63, 3.8) is 0 Å². The molecule has 0 atom stereocenters. The molecule has 2 heterocycles. The Morgan fingerprint density at radius 3 is 2.21 bits per heavy atom. The Labute approximate surface area is 258 Å². The zero-order chi connectivity index (χ0) is 31.4. The second kappa shape index (κ2) is 13.2. The van der Waals surface area contributed by atoms with Gasteiger partial charge >= 0.3 is 12.2 Å². The lowest BCUT2D eigenvalue weighted by Gasteiger charge is -2.34. The number of rotatable bonds is 7. The highest BCUT2D eigenvalue weighted by Gasteiger charge is 2.26. The summed E-state index contributed by atoms with van der Waals surface area (Å²) in [6.07, 6.45) is -0.00988. The summed E-state index contributed by atoms with van der Waals surface area (Å²) < 4.78 is 10.6. The van der Waals surface area contributed by atoms with Gasteiger partial charge in [0, 0.05) is 54.7 Å². The van der Waals surface area contributed by atoms with Crippen LogP contribution < -0.4 is 5.32 Å². The van der Waals surface area contributed by atoms with Crippen LogP contribution >= 0.6 is 11.6 Å². The van der Waals surface area contributed by atoms with Crippen LogP contribution in [0.4, 0.5) is 9.59 Å². The zero-order valence-electron chi connectivity index (χ0n) is 25.8. The van der Waals surface area contributed by atoms with Gasteiger partial charge in [0.1, 0.15) is 5.60 Å². The van der Waals surface area contributed by atoms with Gasteiger partial charge in [-0.05, 0) is 51.0 Å². The van der Waals surface area contributed by atoms with Gasteiger partial charge in [-0.2, -0.15) is 0 Å². The molecular weight excluding hydrogens is 568 g/mol. The van der Waals surface area contributed by atoms with E-state index in [2.05, 4.69) is 19.2 Å². The van der Waals surface area contributed by atoms with Crippen LogP contribution in [0.3, 0.4) is 0 Å². The molecule has 1 saturated heterocycles. The number of carbonyl (C=O) groups is 3. The molecule has 4 rings (SSSR count). The molecule has 0 saturated carbocycles. The van der Waals surface area contributed by atoms with E-state index in [9.17, 15) is 14.4 Å². The van der Waals surface area contributed by atoms with E-state index in [4.69, 9.17) is 26.1 Å². The number of halogens is 1. The minimum Gasteiger partial charge on any atom is -0.449 e. The minimum absolute atomic E-state index is 0.113. The van der Waals surface area contributed by atoms with E-state index in [1.807, 2.05) is 64.1 Å². The van der Waals surface area contributed by atoms with E-state index in [1.54, 1.807) is 21.9 Å². The second-order valence-electron chi connectivity index (χ2n) is 12.4. The number of nitrogens with zero attached hydrogens (tertiary/aromatic N) is 3. The first-order valence-electron chi connectivity index (χ1n) is 14.7. The third kappa shape index (κ3) is 8.16. The van der Waals surface area contributed by atoms with Gasteiger partial charge < -0.3 is 24.6 Å². The summed E-state index contributed by atoms with van der Waals surface area (Å²) in [5.41, 5.74) is 2.87. The van der Waals surface area contributed by atoms with Gasteiger partial charge in [0.25, 0.3) is 5.91 Å². The molecule has 1 N–H and O–H groups in total. The van der Waals surface area contributed by atoms with E-state index in [0.29, 0.717) is 61.1 Å². The lowest BCUT2D eigenvalue weighted by molar-refractivity contribution is 0.0517. The van der Waals surface area contributed by atoms with E-state index < -0.39 is 11.7 Å². The van der Waals surface area contributed by atoms with Gasteiger partial charge in [-0.25, -0.2) is 14.6 Å². The Bertz CT molecular complexity index is 1480. The number of alkyl carbamates (subject to hydrolysis) is 1. The highest BCUT2D eigenvalue weighted by molar-refractivity contribution is 6.35. The SMILES string of the molecule is CCCOC(=O)N1CCN(C(=O)c2ccc3c(Cl)cc(-c4ccc(C(C)(C)CNC(=O)OC(C)(C)C)cc4)nc3c2)CC1. The third-order valence-corrected chi connectivity index (χ3v) is 7.61. The monoisotopic (exact) mass is 608 g/mol. The molecule has 2 aromatic carbocycles. The minimum atomic E-state index is -0.557. The predicted molar refractivity (Wildman–Crippen MR) is 169 cm³/mol. The van der Waals surface area contributed by atoms with Crippen molar-refractivity contribution in [2.75, 3.05) is 39.3 Å². The molecule has 10 heteroatoms. The summed E-state index contributed by atoms with van der Waals surface area (Å²) >= 11 is 6.66. The molecule has 3 aromatic rings. The molecule has 0 radical (unpaired) electrons. The molecule has 1 aliphatic heterocycles. The van der Waals surface area contributed by atoms with Crippen LogP contribution in [0.25, 0.3) is 22.2 Å². The second-order valence-corrected chi connectivity index (χ2v) is 12.8. The van der Waals surface area contributed by atoms with Crippen LogP contribution in [0.5, 0.6) is 0 Å².